The van der Waals surface area contributed by atoms with E-state index in [2.05, 4.69) is 15.0 Å². The molecule has 2 heterocycles. The number of aryl methyl sites for hydroxylation is 2. The fourth-order valence-electron chi connectivity index (χ4n) is 4.51. The van der Waals surface area contributed by atoms with Gasteiger partial charge < -0.3 is 4.74 Å². The molecule has 0 atom stereocenters. The molecule has 0 saturated carbocycles. The highest BCUT2D eigenvalue weighted by atomic mass is 35.5. The molecule has 3 aromatic carbocycles. The average Bonchev–Trinajstić information content (AvgIpc) is 3.45. The molecular weight excluding hydrogens is 614 g/mol. The van der Waals surface area contributed by atoms with Crippen LogP contribution in [-0.4, -0.2) is 41.2 Å². The quantitative estimate of drug-likeness (QED) is 0.229. The molecule has 2 N–H and O–H groups in total. The molecule has 0 bridgehead atoms. The second kappa shape index (κ2) is 11.7. The molecular formula is C29H26ClN5O6S2. The molecule has 0 aliphatic rings. The smallest absolute Gasteiger partial charge is 0.338 e. The molecule has 2 aromatic heterocycles. The number of amides is 1. The van der Waals surface area contributed by atoms with Crippen molar-refractivity contribution in [3.05, 3.63) is 98.4 Å². The summed E-state index contributed by atoms with van der Waals surface area (Å²) in [5.41, 5.74) is 2.79. The van der Waals surface area contributed by atoms with Crippen LogP contribution < -0.4 is 15.6 Å². The fourth-order valence-corrected chi connectivity index (χ4v) is 7.05. The van der Waals surface area contributed by atoms with Gasteiger partial charge in [-0.25, -0.2) is 22.9 Å². The maximum Gasteiger partial charge on any atom is 0.338 e. The maximum atomic E-state index is 13.3. The number of sulfonamides is 1. The number of fused-ring (bicyclic) bond motifs is 1. The number of nitrogens with zero attached hydrogens (tertiary/aromatic N) is 3. The minimum atomic E-state index is -4.37. The van der Waals surface area contributed by atoms with Crippen LogP contribution in [0.3, 0.4) is 0 Å². The summed E-state index contributed by atoms with van der Waals surface area (Å²) in [6.45, 7) is 4.86. The number of para-hydroxylation sites is 1. The summed E-state index contributed by atoms with van der Waals surface area (Å²) in [6.07, 6.45) is 0. The molecule has 0 unspecified atom stereocenters. The molecule has 14 heteroatoms. The average molecular weight is 640 g/mol. The van der Waals surface area contributed by atoms with Gasteiger partial charge in [-0.15, -0.1) is 0 Å². The number of carbonyl (C=O) groups excluding carboxylic acids is 2. The standard InChI is InChI=1S/C29H26ClN5O6S2/c1-16-10-17(2)25-23(11-16)42-29(32-25)31-24(36)15-41-28(38)19-12-20(30)14-22(13-19)43(39,40)33-26-18(3)34(4)35(27(26)37)21-8-6-5-7-9-21/h5-14,33H,15H2,1-4H3,(H,31,32,36). The molecule has 5 rings (SSSR count). The summed E-state index contributed by atoms with van der Waals surface area (Å²) in [4.78, 5) is 42.5. The largest absolute Gasteiger partial charge is 0.452 e. The van der Waals surface area contributed by atoms with E-state index in [0.29, 0.717) is 16.5 Å². The molecule has 11 nitrogen and oxygen atoms in total. The van der Waals surface area contributed by atoms with Crippen LogP contribution in [0.1, 0.15) is 27.2 Å². The number of benzene rings is 3. The predicted octanol–water partition coefficient (Wildman–Crippen LogP) is 4.96. The molecule has 43 heavy (non-hydrogen) atoms. The summed E-state index contributed by atoms with van der Waals surface area (Å²) in [5, 5.41) is 2.91. The molecule has 1 amide bonds. The summed E-state index contributed by atoms with van der Waals surface area (Å²) in [7, 11) is -2.74. The number of carbonyl (C=O) groups is 2. The SMILES string of the molecule is Cc1cc(C)c2nc(NC(=O)COC(=O)c3cc(Cl)cc(S(=O)(=O)Nc4c(C)n(C)n(-c5ccccc5)c4=O)c3)sc2c1. The zero-order valence-electron chi connectivity index (χ0n) is 23.5. The highest BCUT2D eigenvalue weighted by Gasteiger charge is 2.24. The van der Waals surface area contributed by atoms with Crippen molar-refractivity contribution in [2.75, 3.05) is 16.6 Å². The van der Waals surface area contributed by atoms with Crippen molar-refractivity contribution in [3.63, 3.8) is 0 Å². The zero-order valence-corrected chi connectivity index (χ0v) is 25.9. The van der Waals surface area contributed by atoms with E-state index >= 15 is 0 Å². The number of hydrogen-bond acceptors (Lipinski definition) is 8. The predicted molar refractivity (Wildman–Crippen MR) is 166 cm³/mol. The van der Waals surface area contributed by atoms with Crippen LogP contribution in [0.15, 0.2) is 70.4 Å². The number of hydrogen-bond donors (Lipinski definition) is 2. The van der Waals surface area contributed by atoms with E-state index in [1.165, 1.54) is 26.8 Å². The number of ether oxygens (including phenoxy) is 1. The van der Waals surface area contributed by atoms with Crippen molar-refractivity contribution < 1.29 is 22.7 Å². The first-order chi connectivity index (χ1) is 20.3. The number of esters is 1. The Kier molecular flexibility index (Phi) is 8.14. The molecule has 0 radical (unpaired) electrons. The van der Waals surface area contributed by atoms with Crippen LogP contribution in [0.2, 0.25) is 5.02 Å². The Hall–Kier alpha value is -4.46. The van der Waals surface area contributed by atoms with Crippen molar-refractivity contribution >= 4 is 65.9 Å². The van der Waals surface area contributed by atoms with Gasteiger partial charge in [-0.05, 0) is 68.3 Å². The minimum absolute atomic E-state index is 0.0640. The lowest BCUT2D eigenvalue weighted by molar-refractivity contribution is -0.119. The van der Waals surface area contributed by atoms with Gasteiger partial charge in [-0.1, -0.05) is 47.2 Å². The monoisotopic (exact) mass is 639 g/mol. The van der Waals surface area contributed by atoms with Gasteiger partial charge in [0.1, 0.15) is 5.69 Å². The van der Waals surface area contributed by atoms with Gasteiger partial charge in [0.2, 0.25) is 0 Å². The van der Waals surface area contributed by atoms with Crippen molar-refractivity contribution in [3.8, 4) is 5.69 Å². The Balaban J connectivity index is 1.31. The van der Waals surface area contributed by atoms with Gasteiger partial charge in [-0.2, -0.15) is 0 Å². The summed E-state index contributed by atoms with van der Waals surface area (Å²) in [5.74, 6) is -1.58. The van der Waals surface area contributed by atoms with E-state index in [0.717, 1.165) is 33.5 Å². The topological polar surface area (TPSA) is 141 Å². The molecule has 0 spiro atoms. The number of aromatic nitrogens is 3. The number of anilines is 2. The third-order valence-corrected chi connectivity index (χ3v) is 9.08. The lowest BCUT2D eigenvalue weighted by Crippen LogP contribution is -2.23. The van der Waals surface area contributed by atoms with E-state index in [-0.39, 0.29) is 21.2 Å². The Bertz CT molecular complexity index is 2070. The Labute approximate surface area is 255 Å². The fraction of sp³-hybridized carbons (Fsp3) is 0.172. The van der Waals surface area contributed by atoms with E-state index in [1.807, 2.05) is 26.0 Å². The van der Waals surface area contributed by atoms with Gasteiger partial charge >= 0.3 is 5.97 Å². The van der Waals surface area contributed by atoms with Crippen LogP contribution in [-0.2, 0) is 26.6 Å². The van der Waals surface area contributed by atoms with Gasteiger partial charge in [0.25, 0.3) is 21.5 Å². The number of rotatable bonds is 8. The number of thiazole rings is 1. The second-order valence-electron chi connectivity index (χ2n) is 9.79. The van der Waals surface area contributed by atoms with Gasteiger partial charge in [0.15, 0.2) is 11.7 Å². The molecule has 5 aromatic rings. The van der Waals surface area contributed by atoms with Gasteiger partial charge in [0, 0.05) is 12.1 Å². The number of nitrogens with one attached hydrogen (secondary N) is 2. The van der Waals surface area contributed by atoms with E-state index < -0.39 is 34.1 Å². The first kappa shape index (κ1) is 30.0. The first-order valence-corrected chi connectivity index (χ1v) is 15.5. The lowest BCUT2D eigenvalue weighted by atomic mass is 10.1. The van der Waals surface area contributed by atoms with E-state index in [9.17, 15) is 22.8 Å². The van der Waals surface area contributed by atoms with Crippen molar-refractivity contribution in [1.29, 1.82) is 0 Å². The summed E-state index contributed by atoms with van der Waals surface area (Å²) >= 11 is 7.45. The third kappa shape index (κ3) is 6.19. The van der Waals surface area contributed by atoms with Gasteiger partial charge in [-0.3, -0.25) is 24.3 Å². The van der Waals surface area contributed by atoms with Gasteiger partial charge in [0.05, 0.1) is 32.1 Å². The maximum absolute atomic E-state index is 13.3. The second-order valence-corrected chi connectivity index (χ2v) is 12.9. The lowest BCUT2D eigenvalue weighted by Gasteiger charge is -2.10. The van der Waals surface area contributed by atoms with E-state index in [1.54, 1.807) is 44.3 Å². The van der Waals surface area contributed by atoms with Crippen molar-refractivity contribution in [2.45, 2.75) is 25.7 Å². The Morgan fingerprint density at radius 1 is 1.05 bits per heavy atom. The van der Waals surface area contributed by atoms with Crippen LogP contribution >= 0.6 is 22.9 Å². The van der Waals surface area contributed by atoms with Crippen LogP contribution in [0, 0.1) is 20.8 Å². The van der Waals surface area contributed by atoms with Crippen LogP contribution in [0.25, 0.3) is 15.9 Å². The minimum Gasteiger partial charge on any atom is -0.452 e. The molecule has 222 valence electrons. The highest BCUT2D eigenvalue weighted by molar-refractivity contribution is 7.92. The third-order valence-electron chi connectivity index (χ3n) is 6.62. The first-order valence-electron chi connectivity index (χ1n) is 12.9. The summed E-state index contributed by atoms with van der Waals surface area (Å²) in [6, 6.07) is 16.1. The zero-order chi connectivity index (χ0) is 31.1. The Morgan fingerprint density at radius 2 is 1.77 bits per heavy atom. The Morgan fingerprint density at radius 3 is 2.49 bits per heavy atom. The molecule has 0 aliphatic heterocycles. The van der Waals surface area contributed by atoms with Crippen LogP contribution in [0.4, 0.5) is 10.8 Å². The van der Waals surface area contributed by atoms with Crippen molar-refractivity contribution in [1.82, 2.24) is 14.3 Å². The van der Waals surface area contributed by atoms with Crippen molar-refractivity contribution in [2.24, 2.45) is 7.05 Å². The van der Waals surface area contributed by atoms with E-state index in [4.69, 9.17) is 16.3 Å². The molecule has 0 fully saturated rings. The highest BCUT2D eigenvalue weighted by Crippen LogP contribution is 2.29. The molecule has 0 saturated heterocycles. The normalized spacial score (nSPS) is 11.5. The summed E-state index contributed by atoms with van der Waals surface area (Å²) < 4.78 is 37.9. The molecule has 0 aliphatic carbocycles. The van der Waals surface area contributed by atoms with Crippen LogP contribution in [0.5, 0.6) is 0 Å². The number of halogens is 1.